The van der Waals surface area contributed by atoms with Crippen LogP contribution in [0.3, 0.4) is 0 Å². The van der Waals surface area contributed by atoms with Gasteiger partial charge < -0.3 is 23.6 Å². The molecule has 31 heavy (non-hydrogen) atoms. The minimum Gasteiger partial charge on any atom is -0.454 e. The second-order valence-electron chi connectivity index (χ2n) is 6.71. The van der Waals surface area contributed by atoms with E-state index in [1.54, 1.807) is 30.3 Å². The van der Waals surface area contributed by atoms with Gasteiger partial charge in [0.15, 0.2) is 11.5 Å². The number of rotatable bonds is 5. The number of amides is 1. The number of anilines is 1. The Bertz CT molecular complexity index is 1360. The van der Waals surface area contributed by atoms with Gasteiger partial charge in [-0.15, -0.1) is 10.2 Å². The van der Waals surface area contributed by atoms with Crippen molar-refractivity contribution in [2.24, 2.45) is 0 Å². The lowest BCUT2D eigenvalue weighted by molar-refractivity contribution is -0.114. The molecule has 0 spiro atoms. The third kappa shape index (κ3) is 3.97. The summed E-state index contributed by atoms with van der Waals surface area (Å²) >= 11 is 1.31. The first-order valence-electron chi connectivity index (χ1n) is 9.26. The average Bonchev–Trinajstić information content (AvgIpc) is 3.40. The van der Waals surface area contributed by atoms with E-state index >= 15 is 0 Å². The average molecular weight is 437 g/mol. The monoisotopic (exact) mass is 437 g/mol. The first-order chi connectivity index (χ1) is 15.0. The number of carbonyl (C=O) groups is 1. The maximum absolute atomic E-state index is 12.0. The van der Waals surface area contributed by atoms with Crippen LogP contribution in [0.5, 0.6) is 11.5 Å². The fourth-order valence-corrected chi connectivity index (χ4v) is 3.94. The van der Waals surface area contributed by atoms with Crippen LogP contribution in [0.4, 0.5) is 5.69 Å². The van der Waals surface area contributed by atoms with Crippen molar-refractivity contribution in [3.63, 3.8) is 0 Å². The number of carbonyl (C=O) groups excluding carboxylic acids is 1. The van der Waals surface area contributed by atoms with Crippen LogP contribution in [0.1, 0.15) is 12.5 Å². The number of fused-ring (bicyclic) bond motifs is 2. The third-order valence-electron chi connectivity index (χ3n) is 4.53. The highest BCUT2D eigenvalue weighted by molar-refractivity contribution is 7.98. The van der Waals surface area contributed by atoms with Crippen molar-refractivity contribution >= 4 is 34.3 Å². The smallest absolute Gasteiger partial charge is 0.336 e. The van der Waals surface area contributed by atoms with Gasteiger partial charge in [-0.1, -0.05) is 11.8 Å². The van der Waals surface area contributed by atoms with E-state index in [1.165, 1.54) is 24.8 Å². The second-order valence-corrected chi connectivity index (χ2v) is 7.64. The molecule has 10 heteroatoms. The Morgan fingerprint density at radius 1 is 1.06 bits per heavy atom. The number of nitrogens with zero attached hydrogens (tertiary/aromatic N) is 2. The van der Waals surface area contributed by atoms with Gasteiger partial charge in [0.2, 0.25) is 18.6 Å². The van der Waals surface area contributed by atoms with Crippen LogP contribution in [0.2, 0.25) is 0 Å². The van der Waals surface area contributed by atoms with Crippen LogP contribution in [0, 0.1) is 0 Å². The molecular weight excluding hydrogens is 422 g/mol. The van der Waals surface area contributed by atoms with Crippen molar-refractivity contribution in [2.45, 2.75) is 17.9 Å². The highest BCUT2D eigenvalue weighted by Crippen LogP contribution is 2.36. The fourth-order valence-electron chi connectivity index (χ4n) is 3.18. The van der Waals surface area contributed by atoms with E-state index in [2.05, 4.69) is 15.5 Å². The number of hydrogen-bond acceptors (Lipinski definition) is 9. The van der Waals surface area contributed by atoms with Gasteiger partial charge in [0.25, 0.3) is 5.22 Å². The Hall–Kier alpha value is -3.79. The van der Waals surface area contributed by atoms with Gasteiger partial charge in [0.1, 0.15) is 5.58 Å². The van der Waals surface area contributed by atoms with Gasteiger partial charge in [-0.05, 0) is 35.9 Å². The molecule has 4 aromatic rings. The van der Waals surface area contributed by atoms with Crippen LogP contribution >= 0.6 is 11.8 Å². The van der Waals surface area contributed by atoms with E-state index in [4.69, 9.17) is 18.3 Å². The molecule has 1 aliphatic heterocycles. The highest BCUT2D eigenvalue weighted by Gasteiger charge is 2.17. The van der Waals surface area contributed by atoms with Gasteiger partial charge in [-0.2, -0.15) is 0 Å². The molecule has 1 N–H and O–H groups in total. The van der Waals surface area contributed by atoms with Gasteiger partial charge in [0, 0.05) is 41.4 Å². The molecule has 0 atom stereocenters. The van der Waals surface area contributed by atoms with E-state index in [-0.39, 0.29) is 12.7 Å². The van der Waals surface area contributed by atoms with Gasteiger partial charge in [0.05, 0.1) is 0 Å². The molecule has 0 unspecified atom stereocenters. The van der Waals surface area contributed by atoms with E-state index in [0.29, 0.717) is 39.6 Å². The summed E-state index contributed by atoms with van der Waals surface area (Å²) in [5.74, 6) is 1.88. The number of thioether (sulfide) groups is 1. The van der Waals surface area contributed by atoms with Crippen LogP contribution in [0.25, 0.3) is 22.4 Å². The molecule has 0 bridgehead atoms. The number of nitrogens with one attached hydrogen (secondary N) is 1. The molecule has 0 aliphatic carbocycles. The van der Waals surface area contributed by atoms with E-state index < -0.39 is 5.63 Å². The van der Waals surface area contributed by atoms with Crippen molar-refractivity contribution in [1.29, 1.82) is 0 Å². The third-order valence-corrected chi connectivity index (χ3v) is 5.39. The minimum absolute atomic E-state index is 0.190. The zero-order valence-electron chi connectivity index (χ0n) is 16.2. The van der Waals surface area contributed by atoms with E-state index in [9.17, 15) is 9.59 Å². The topological polar surface area (TPSA) is 117 Å². The van der Waals surface area contributed by atoms with Crippen molar-refractivity contribution < 1.29 is 23.1 Å². The summed E-state index contributed by atoms with van der Waals surface area (Å²) < 4.78 is 21.7. The Morgan fingerprint density at radius 2 is 1.94 bits per heavy atom. The number of ether oxygens (including phenoxy) is 2. The van der Waals surface area contributed by atoms with Gasteiger partial charge in [-0.25, -0.2) is 4.79 Å². The number of benzene rings is 2. The number of hydrogen-bond donors (Lipinski definition) is 1. The van der Waals surface area contributed by atoms with Crippen LogP contribution in [-0.2, 0) is 10.5 Å². The summed E-state index contributed by atoms with van der Waals surface area (Å²) in [6, 6.07) is 12.0. The van der Waals surface area contributed by atoms with Crippen LogP contribution in [0.15, 0.2) is 61.3 Å². The maximum Gasteiger partial charge on any atom is 0.336 e. The summed E-state index contributed by atoms with van der Waals surface area (Å²) in [4.78, 5) is 23.3. The first-order valence-corrected chi connectivity index (χ1v) is 10.2. The molecule has 0 saturated heterocycles. The number of aromatic nitrogens is 2. The molecular formula is C21H15N3O6S. The molecule has 1 amide bonds. The minimum atomic E-state index is -0.477. The Labute approximate surface area is 179 Å². The van der Waals surface area contributed by atoms with E-state index in [0.717, 1.165) is 16.5 Å². The second kappa shape index (κ2) is 7.80. The predicted octanol–water partition coefficient (Wildman–Crippen LogP) is 3.82. The highest BCUT2D eigenvalue weighted by atomic mass is 32.2. The quantitative estimate of drug-likeness (QED) is 0.367. The molecule has 1 aliphatic rings. The van der Waals surface area contributed by atoms with Gasteiger partial charge in [-0.3, -0.25) is 4.79 Å². The SMILES string of the molecule is CC(=O)Nc1ccc2c(CSc3nnc(-c4ccc5c(c4)OCO5)o3)cc(=O)oc2c1. The van der Waals surface area contributed by atoms with Crippen molar-refractivity contribution in [3.05, 3.63) is 58.4 Å². The maximum atomic E-state index is 12.0. The van der Waals surface area contributed by atoms with E-state index in [1.807, 2.05) is 6.07 Å². The lowest BCUT2D eigenvalue weighted by atomic mass is 10.1. The standard InChI is InChI=1S/C21H15N3O6S/c1-11(25)22-14-3-4-15-13(7-19(26)29-17(15)8-14)9-31-21-24-23-20(30-21)12-2-5-16-18(6-12)28-10-27-16/h2-8H,9-10H2,1H3,(H,22,25). The Balaban J connectivity index is 1.36. The lowest BCUT2D eigenvalue weighted by Gasteiger charge is -2.06. The summed E-state index contributed by atoms with van der Waals surface area (Å²) in [5, 5.41) is 12.0. The summed E-state index contributed by atoms with van der Waals surface area (Å²) in [5.41, 5.74) is 1.95. The predicted molar refractivity (Wildman–Crippen MR) is 112 cm³/mol. The van der Waals surface area contributed by atoms with Crippen LogP contribution in [-0.4, -0.2) is 22.9 Å². The van der Waals surface area contributed by atoms with Crippen molar-refractivity contribution in [3.8, 4) is 23.0 Å². The molecule has 2 aromatic carbocycles. The molecule has 9 nitrogen and oxygen atoms in total. The summed E-state index contributed by atoms with van der Waals surface area (Å²) in [7, 11) is 0. The molecule has 156 valence electrons. The van der Waals surface area contributed by atoms with Gasteiger partial charge >= 0.3 is 5.63 Å². The zero-order valence-corrected chi connectivity index (χ0v) is 17.0. The zero-order chi connectivity index (χ0) is 21.4. The Kier molecular flexibility index (Phi) is 4.83. The molecule has 0 radical (unpaired) electrons. The Morgan fingerprint density at radius 3 is 2.81 bits per heavy atom. The summed E-state index contributed by atoms with van der Waals surface area (Å²) in [6.07, 6.45) is 0. The lowest BCUT2D eigenvalue weighted by Crippen LogP contribution is -2.06. The molecule has 0 fully saturated rings. The van der Waals surface area contributed by atoms with Crippen molar-refractivity contribution in [2.75, 3.05) is 12.1 Å². The summed E-state index contributed by atoms with van der Waals surface area (Å²) in [6.45, 7) is 1.60. The fraction of sp³-hybridized carbons (Fsp3) is 0.143. The largest absolute Gasteiger partial charge is 0.454 e. The first kappa shape index (κ1) is 19.2. The van der Waals surface area contributed by atoms with Crippen molar-refractivity contribution in [1.82, 2.24) is 10.2 Å². The molecule has 0 saturated carbocycles. The molecule has 2 aromatic heterocycles. The van der Waals surface area contributed by atoms with Crippen LogP contribution < -0.4 is 20.4 Å². The molecule has 3 heterocycles. The normalized spacial score (nSPS) is 12.3. The molecule has 5 rings (SSSR count).